The molecule has 3 aromatic rings. The molecule has 0 saturated carbocycles. The molecule has 0 amide bonds. The van der Waals surface area contributed by atoms with Gasteiger partial charge in [-0.05, 0) is 36.2 Å². The smallest absolute Gasteiger partial charge is 0.229 e. The highest BCUT2D eigenvalue weighted by atomic mass is 15.2. The molecular formula is C18H16N4. The van der Waals surface area contributed by atoms with Crippen LogP contribution in [-0.4, -0.2) is 16.5 Å². The Hall–Kier alpha value is -2.88. The van der Waals surface area contributed by atoms with Gasteiger partial charge in [0.2, 0.25) is 5.95 Å². The van der Waals surface area contributed by atoms with Crippen LogP contribution in [0.25, 0.3) is 0 Å². The number of benzene rings is 2. The van der Waals surface area contributed by atoms with E-state index < -0.39 is 0 Å². The van der Waals surface area contributed by atoms with E-state index in [1.807, 2.05) is 36.4 Å². The summed E-state index contributed by atoms with van der Waals surface area (Å²) in [5.41, 5.74) is 3.60. The molecule has 4 heteroatoms. The van der Waals surface area contributed by atoms with Crippen molar-refractivity contribution in [3.63, 3.8) is 0 Å². The van der Waals surface area contributed by atoms with Gasteiger partial charge < -0.3 is 10.2 Å². The zero-order chi connectivity index (χ0) is 14.8. The van der Waals surface area contributed by atoms with Crippen LogP contribution in [-0.2, 0) is 6.42 Å². The molecule has 0 saturated heterocycles. The van der Waals surface area contributed by atoms with Crippen LogP contribution in [0.2, 0.25) is 0 Å². The Morgan fingerprint density at radius 2 is 1.73 bits per heavy atom. The van der Waals surface area contributed by atoms with Crippen molar-refractivity contribution in [2.45, 2.75) is 6.42 Å². The van der Waals surface area contributed by atoms with Gasteiger partial charge in [-0.15, -0.1) is 0 Å². The SMILES string of the molecule is c1ccc(Nc2nccc(N3CCc4ccccc43)n2)cc1. The first kappa shape index (κ1) is 12.8. The van der Waals surface area contributed by atoms with E-state index in [2.05, 4.69) is 44.5 Å². The van der Waals surface area contributed by atoms with Crippen molar-refractivity contribution in [1.29, 1.82) is 0 Å². The number of anilines is 4. The van der Waals surface area contributed by atoms with Crippen molar-refractivity contribution in [3.8, 4) is 0 Å². The topological polar surface area (TPSA) is 41.1 Å². The van der Waals surface area contributed by atoms with Crippen molar-refractivity contribution in [1.82, 2.24) is 9.97 Å². The number of nitrogens with one attached hydrogen (secondary N) is 1. The minimum atomic E-state index is 0.619. The summed E-state index contributed by atoms with van der Waals surface area (Å²) in [4.78, 5) is 11.2. The minimum absolute atomic E-state index is 0.619. The van der Waals surface area contributed by atoms with Gasteiger partial charge in [-0.25, -0.2) is 4.98 Å². The van der Waals surface area contributed by atoms with Gasteiger partial charge in [0.05, 0.1) is 0 Å². The first-order chi connectivity index (χ1) is 10.9. The summed E-state index contributed by atoms with van der Waals surface area (Å²) >= 11 is 0. The van der Waals surface area contributed by atoms with Crippen LogP contribution < -0.4 is 10.2 Å². The van der Waals surface area contributed by atoms with Crippen molar-refractivity contribution in [3.05, 3.63) is 72.4 Å². The Morgan fingerprint density at radius 3 is 2.64 bits per heavy atom. The van der Waals surface area contributed by atoms with E-state index in [-0.39, 0.29) is 0 Å². The average Bonchev–Trinajstić information content (AvgIpc) is 3.00. The third-order valence-corrected chi connectivity index (χ3v) is 3.83. The molecule has 0 bridgehead atoms. The lowest BCUT2D eigenvalue weighted by molar-refractivity contribution is 0.966. The molecule has 1 aromatic heterocycles. The lowest BCUT2D eigenvalue weighted by atomic mass is 10.2. The van der Waals surface area contributed by atoms with Gasteiger partial charge in [-0.2, -0.15) is 4.98 Å². The third-order valence-electron chi connectivity index (χ3n) is 3.83. The van der Waals surface area contributed by atoms with Crippen LogP contribution >= 0.6 is 0 Å². The summed E-state index contributed by atoms with van der Waals surface area (Å²) in [6.07, 6.45) is 2.86. The summed E-state index contributed by atoms with van der Waals surface area (Å²) in [6, 6.07) is 20.4. The van der Waals surface area contributed by atoms with E-state index >= 15 is 0 Å². The summed E-state index contributed by atoms with van der Waals surface area (Å²) < 4.78 is 0. The molecular weight excluding hydrogens is 272 g/mol. The first-order valence-electron chi connectivity index (χ1n) is 7.41. The van der Waals surface area contributed by atoms with Gasteiger partial charge in [0.15, 0.2) is 0 Å². The van der Waals surface area contributed by atoms with Crippen molar-refractivity contribution >= 4 is 23.1 Å². The molecule has 0 spiro atoms. The summed E-state index contributed by atoms with van der Waals surface area (Å²) in [5, 5.41) is 3.24. The number of rotatable bonds is 3. The van der Waals surface area contributed by atoms with Crippen LogP contribution in [0.3, 0.4) is 0 Å². The fraction of sp³-hybridized carbons (Fsp3) is 0.111. The van der Waals surface area contributed by atoms with Crippen LogP contribution in [0, 0.1) is 0 Å². The maximum absolute atomic E-state index is 4.65. The normalized spacial score (nSPS) is 13.0. The molecule has 2 aromatic carbocycles. The number of fused-ring (bicyclic) bond motifs is 1. The Balaban J connectivity index is 1.63. The monoisotopic (exact) mass is 288 g/mol. The predicted molar refractivity (Wildman–Crippen MR) is 88.9 cm³/mol. The number of para-hydroxylation sites is 2. The van der Waals surface area contributed by atoms with Gasteiger partial charge in [-0.3, -0.25) is 0 Å². The van der Waals surface area contributed by atoms with E-state index in [1.54, 1.807) is 6.20 Å². The fourth-order valence-electron chi connectivity index (χ4n) is 2.79. The number of hydrogen-bond acceptors (Lipinski definition) is 4. The summed E-state index contributed by atoms with van der Waals surface area (Å²) in [7, 11) is 0. The molecule has 1 aliphatic rings. The van der Waals surface area contributed by atoms with E-state index in [0.29, 0.717) is 5.95 Å². The molecule has 1 aliphatic heterocycles. The van der Waals surface area contributed by atoms with Gasteiger partial charge in [0, 0.05) is 24.1 Å². The second-order valence-corrected chi connectivity index (χ2v) is 5.26. The van der Waals surface area contributed by atoms with Crippen LogP contribution in [0.4, 0.5) is 23.1 Å². The highest BCUT2D eigenvalue weighted by molar-refractivity contribution is 5.68. The number of nitrogens with zero attached hydrogens (tertiary/aromatic N) is 3. The van der Waals surface area contributed by atoms with Gasteiger partial charge >= 0.3 is 0 Å². The fourth-order valence-corrected chi connectivity index (χ4v) is 2.79. The molecule has 0 radical (unpaired) electrons. The summed E-state index contributed by atoms with van der Waals surface area (Å²) in [6.45, 7) is 0.959. The van der Waals surface area contributed by atoms with E-state index in [0.717, 1.165) is 24.5 Å². The largest absolute Gasteiger partial charge is 0.326 e. The van der Waals surface area contributed by atoms with Crippen molar-refractivity contribution < 1.29 is 0 Å². The molecule has 4 rings (SSSR count). The second kappa shape index (κ2) is 5.48. The lowest BCUT2D eigenvalue weighted by Gasteiger charge is -2.18. The molecule has 0 atom stereocenters. The maximum atomic E-state index is 4.65. The molecule has 0 fully saturated rings. The Kier molecular flexibility index (Phi) is 3.20. The molecule has 22 heavy (non-hydrogen) atoms. The zero-order valence-corrected chi connectivity index (χ0v) is 12.1. The van der Waals surface area contributed by atoms with E-state index in [4.69, 9.17) is 0 Å². The van der Waals surface area contributed by atoms with Gasteiger partial charge in [-0.1, -0.05) is 36.4 Å². The Labute approximate surface area is 129 Å². The molecule has 0 unspecified atom stereocenters. The van der Waals surface area contributed by atoms with E-state index in [1.165, 1.54) is 11.3 Å². The van der Waals surface area contributed by atoms with Crippen LogP contribution in [0.1, 0.15) is 5.56 Å². The van der Waals surface area contributed by atoms with Gasteiger partial charge in [0.1, 0.15) is 5.82 Å². The molecule has 0 aliphatic carbocycles. The van der Waals surface area contributed by atoms with Crippen LogP contribution in [0.5, 0.6) is 0 Å². The second-order valence-electron chi connectivity index (χ2n) is 5.26. The highest BCUT2D eigenvalue weighted by Gasteiger charge is 2.20. The first-order valence-corrected chi connectivity index (χ1v) is 7.41. The van der Waals surface area contributed by atoms with Gasteiger partial charge in [0.25, 0.3) is 0 Å². The molecule has 2 heterocycles. The molecule has 108 valence electrons. The predicted octanol–water partition coefficient (Wildman–Crippen LogP) is 3.91. The minimum Gasteiger partial charge on any atom is -0.326 e. The molecule has 1 N–H and O–H groups in total. The maximum Gasteiger partial charge on any atom is 0.229 e. The third kappa shape index (κ3) is 2.39. The number of aromatic nitrogens is 2. The lowest BCUT2D eigenvalue weighted by Crippen LogP contribution is -2.15. The zero-order valence-electron chi connectivity index (χ0n) is 12.1. The van der Waals surface area contributed by atoms with Crippen molar-refractivity contribution in [2.24, 2.45) is 0 Å². The average molecular weight is 288 g/mol. The standard InChI is InChI=1S/C18H16N4/c1-2-7-15(8-3-1)20-18-19-12-10-17(21-18)22-13-11-14-6-4-5-9-16(14)22/h1-10,12H,11,13H2,(H,19,20,21). The molecule has 4 nitrogen and oxygen atoms in total. The van der Waals surface area contributed by atoms with Crippen LogP contribution in [0.15, 0.2) is 66.9 Å². The van der Waals surface area contributed by atoms with E-state index in [9.17, 15) is 0 Å². The number of hydrogen-bond donors (Lipinski definition) is 1. The summed E-state index contributed by atoms with van der Waals surface area (Å²) in [5.74, 6) is 1.55. The Bertz CT molecular complexity index is 786. The van der Waals surface area contributed by atoms with Crippen molar-refractivity contribution in [2.75, 3.05) is 16.8 Å². The highest BCUT2D eigenvalue weighted by Crippen LogP contribution is 2.33. The quantitative estimate of drug-likeness (QED) is 0.793. The Morgan fingerprint density at radius 1 is 0.909 bits per heavy atom.